The number of benzene rings is 1. The summed E-state index contributed by atoms with van der Waals surface area (Å²) < 4.78 is 5.47. The maximum absolute atomic E-state index is 5.87. The fourth-order valence-corrected chi connectivity index (χ4v) is 2.50. The molecule has 0 aliphatic heterocycles. The number of hydrogen-bond acceptors (Lipinski definition) is 4. The van der Waals surface area contributed by atoms with E-state index in [4.69, 9.17) is 10.2 Å². The maximum atomic E-state index is 5.87. The van der Waals surface area contributed by atoms with Crippen LogP contribution in [0.15, 0.2) is 53.3 Å². The molecule has 0 saturated carbocycles. The van der Waals surface area contributed by atoms with Gasteiger partial charge in [-0.25, -0.2) is 4.98 Å². The summed E-state index contributed by atoms with van der Waals surface area (Å²) in [7, 11) is 0. The van der Waals surface area contributed by atoms with Crippen molar-refractivity contribution in [3.05, 3.63) is 54.4 Å². The lowest BCUT2D eigenvalue weighted by atomic mass is 10.1. The Hall–Kier alpha value is -2.49. The van der Waals surface area contributed by atoms with Crippen molar-refractivity contribution in [2.24, 2.45) is 0 Å². The average molecular weight is 281 g/mol. The molecule has 0 atom stereocenters. The molecule has 3 aromatic rings. The Bertz CT molecular complexity index is 748. The highest BCUT2D eigenvalue weighted by atomic mass is 16.3. The molecule has 2 heterocycles. The van der Waals surface area contributed by atoms with Gasteiger partial charge in [0.15, 0.2) is 0 Å². The molecule has 4 nitrogen and oxygen atoms in total. The first-order valence-electron chi connectivity index (χ1n) is 7.08. The lowest BCUT2D eigenvalue weighted by Crippen LogP contribution is -2.31. The molecule has 3 rings (SSSR count). The van der Waals surface area contributed by atoms with E-state index in [9.17, 15) is 0 Å². The van der Waals surface area contributed by atoms with Gasteiger partial charge in [0.2, 0.25) is 0 Å². The van der Waals surface area contributed by atoms with E-state index in [-0.39, 0.29) is 0 Å². The quantitative estimate of drug-likeness (QED) is 0.738. The van der Waals surface area contributed by atoms with E-state index in [1.807, 2.05) is 30.3 Å². The Morgan fingerprint density at radius 1 is 1.24 bits per heavy atom. The van der Waals surface area contributed by atoms with E-state index in [1.165, 1.54) is 5.56 Å². The van der Waals surface area contributed by atoms with Gasteiger partial charge in [0.25, 0.3) is 0 Å². The molecule has 0 fully saturated rings. The number of pyridine rings is 1. The lowest BCUT2D eigenvalue weighted by molar-refractivity contribution is 0.615. The minimum atomic E-state index is 0.319. The number of fused-ring (bicyclic) bond motifs is 1. The van der Waals surface area contributed by atoms with Gasteiger partial charge in [0, 0.05) is 24.5 Å². The van der Waals surface area contributed by atoms with Crippen LogP contribution >= 0.6 is 0 Å². The number of rotatable bonds is 4. The molecular formula is C17H19N3O. The Morgan fingerprint density at radius 3 is 2.86 bits per heavy atom. The van der Waals surface area contributed by atoms with Crippen molar-refractivity contribution in [3.63, 3.8) is 0 Å². The summed E-state index contributed by atoms with van der Waals surface area (Å²) in [4.78, 5) is 6.81. The zero-order valence-corrected chi connectivity index (χ0v) is 12.3. The molecule has 1 aromatic carbocycles. The third-order valence-electron chi connectivity index (χ3n) is 3.56. The summed E-state index contributed by atoms with van der Waals surface area (Å²) in [5.41, 5.74) is 8.69. The molecule has 0 radical (unpaired) electrons. The monoisotopic (exact) mass is 281 g/mol. The first-order chi connectivity index (χ1) is 10.1. The molecular weight excluding hydrogens is 262 g/mol. The first-order valence-corrected chi connectivity index (χ1v) is 7.08. The van der Waals surface area contributed by atoms with Crippen LogP contribution in [0.25, 0.3) is 11.0 Å². The Balaban J connectivity index is 2.00. The molecule has 0 aliphatic carbocycles. The van der Waals surface area contributed by atoms with Gasteiger partial charge >= 0.3 is 0 Å². The molecule has 21 heavy (non-hydrogen) atoms. The summed E-state index contributed by atoms with van der Waals surface area (Å²) in [6, 6.07) is 12.1. The molecule has 2 N–H and O–H groups in total. The van der Waals surface area contributed by atoms with E-state index in [0.29, 0.717) is 6.04 Å². The highest BCUT2D eigenvalue weighted by Crippen LogP contribution is 2.28. The van der Waals surface area contributed by atoms with E-state index >= 15 is 0 Å². The molecule has 0 aliphatic rings. The van der Waals surface area contributed by atoms with Crippen molar-refractivity contribution in [1.29, 1.82) is 0 Å². The number of nitrogens with two attached hydrogens (primary N) is 1. The largest absolute Gasteiger partial charge is 0.464 e. The Kier molecular flexibility index (Phi) is 3.52. The van der Waals surface area contributed by atoms with Gasteiger partial charge < -0.3 is 15.1 Å². The third kappa shape index (κ3) is 2.70. The van der Waals surface area contributed by atoms with E-state index < -0.39 is 0 Å². The zero-order valence-electron chi connectivity index (χ0n) is 12.3. The van der Waals surface area contributed by atoms with Crippen LogP contribution < -0.4 is 10.6 Å². The highest BCUT2D eigenvalue weighted by molar-refractivity contribution is 5.88. The fourth-order valence-electron chi connectivity index (χ4n) is 2.50. The summed E-state index contributed by atoms with van der Waals surface area (Å²) in [5.74, 6) is 0.943. The average Bonchev–Trinajstić information content (AvgIpc) is 2.93. The minimum absolute atomic E-state index is 0.319. The van der Waals surface area contributed by atoms with Crippen molar-refractivity contribution in [2.45, 2.75) is 26.4 Å². The Morgan fingerprint density at radius 2 is 2.10 bits per heavy atom. The van der Waals surface area contributed by atoms with Gasteiger partial charge in [-0.15, -0.1) is 0 Å². The van der Waals surface area contributed by atoms with Crippen molar-refractivity contribution in [3.8, 4) is 0 Å². The number of nitrogens with zero attached hydrogens (tertiary/aromatic N) is 2. The summed E-state index contributed by atoms with van der Waals surface area (Å²) in [5, 5.41) is 1.04. The number of anilines is 2. The second kappa shape index (κ2) is 5.48. The Labute approximate surface area is 124 Å². The summed E-state index contributed by atoms with van der Waals surface area (Å²) in [6.45, 7) is 5.08. The standard InChI is InChI=1S/C17H19N3O/c1-12(2)20(11-13-4-3-5-14(18)10-13)17-15-7-9-21-16(15)6-8-19-17/h3-10,12H,11,18H2,1-2H3. The predicted octanol–water partition coefficient (Wildman–Crippen LogP) is 3.83. The van der Waals surface area contributed by atoms with Crippen molar-refractivity contribution < 1.29 is 4.42 Å². The van der Waals surface area contributed by atoms with Gasteiger partial charge in [-0.05, 0) is 43.7 Å². The molecule has 2 aromatic heterocycles. The summed E-state index contributed by atoms with van der Waals surface area (Å²) >= 11 is 0. The van der Waals surface area contributed by atoms with Gasteiger partial charge in [-0.3, -0.25) is 0 Å². The zero-order chi connectivity index (χ0) is 14.8. The van der Waals surface area contributed by atoms with Gasteiger partial charge in [0.05, 0.1) is 11.6 Å². The lowest BCUT2D eigenvalue weighted by Gasteiger charge is -2.28. The SMILES string of the molecule is CC(C)N(Cc1cccc(N)c1)c1nccc2occc12. The van der Waals surface area contributed by atoms with E-state index in [1.54, 1.807) is 12.5 Å². The number of aromatic nitrogens is 1. The van der Waals surface area contributed by atoms with Crippen LogP contribution in [0.5, 0.6) is 0 Å². The van der Waals surface area contributed by atoms with Gasteiger partial charge in [-0.2, -0.15) is 0 Å². The number of furan rings is 1. The van der Waals surface area contributed by atoms with Crippen LogP contribution in [-0.2, 0) is 6.54 Å². The highest BCUT2D eigenvalue weighted by Gasteiger charge is 2.16. The smallest absolute Gasteiger partial charge is 0.140 e. The van der Waals surface area contributed by atoms with E-state index in [2.05, 4.69) is 29.8 Å². The number of nitrogen functional groups attached to an aromatic ring is 1. The molecule has 0 amide bonds. The minimum Gasteiger partial charge on any atom is -0.464 e. The van der Waals surface area contributed by atoms with Crippen LogP contribution in [-0.4, -0.2) is 11.0 Å². The first kappa shape index (κ1) is 13.5. The topological polar surface area (TPSA) is 55.3 Å². The second-order valence-corrected chi connectivity index (χ2v) is 5.43. The molecule has 4 heteroatoms. The van der Waals surface area contributed by atoms with Crippen LogP contribution in [0.1, 0.15) is 19.4 Å². The van der Waals surface area contributed by atoms with Crippen LogP contribution in [0.2, 0.25) is 0 Å². The molecule has 0 unspecified atom stereocenters. The molecule has 0 spiro atoms. The molecule has 108 valence electrons. The van der Waals surface area contributed by atoms with Crippen molar-refractivity contribution in [2.75, 3.05) is 10.6 Å². The third-order valence-corrected chi connectivity index (χ3v) is 3.56. The normalized spacial score (nSPS) is 11.2. The molecule has 0 saturated heterocycles. The van der Waals surface area contributed by atoms with Gasteiger partial charge in [0.1, 0.15) is 11.4 Å². The van der Waals surface area contributed by atoms with Crippen LogP contribution in [0.3, 0.4) is 0 Å². The fraction of sp³-hybridized carbons (Fsp3) is 0.235. The van der Waals surface area contributed by atoms with Crippen molar-refractivity contribution >= 4 is 22.5 Å². The van der Waals surface area contributed by atoms with E-state index in [0.717, 1.165) is 29.0 Å². The maximum Gasteiger partial charge on any atom is 0.140 e. The number of hydrogen-bond donors (Lipinski definition) is 1. The van der Waals surface area contributed by atoms with Crippen LogP contribution in [0, 0.1) is 0 Å². The predicted molar refractivity (Wildman–Crippen MR) is 86.2 cm³/mol. The summed E-state index contributed by atoms with van der Waals surface area (Å²) in [6.07, 6.45) is 3.49. The van der Waals surface area contributed by atoms with Gasteiger partial charge in [-0.1, -0.05) is 12.1 Å². The van der Waals surface area contributed by atoms with Crippen molar-refractivity contribution in [1.82, 2.24) is 4.98 Å². The van der Waals surface area contributed by atoms with Crippen LogP contribution in [0.4, 0.5) is 11.5 Å². The second-order valence-electron chi connectivity index (χ2n) is 5.43. The molecule has 0 bridgehead atoms.